The molecule has 0 atom stereocenters. The molecule has 0 N–H and O–H groups in total. The van der Waals surface area contributed by atoms with E-state index in [9.17, 15) is 14.4 Å². The molecule has 0 saturated carbocycles. The Morgan fingerprint density at radius 1 is 1.24 bits per heavy atom. The number of ether oxygens (including phenoxy) is 1. The molecule has 29 heavy (non-hydrogen) atoms. The molecule has 9 heteroatoms. The summed E-state index contributed by atoms with van der Waals surface area (Å²) < 4.78 is 7.99. The molecule has 4 aromatic heterocycles. The lowest BCUT2D eigenvalue weighted by Gasteiger charge is -2.11. The van der Waals surface area contributed by atoms with Crippen molar-refractivity contribution in [3.63, 3.8) is 0 Å². The van der Waals surface area contributed by atoms with Gasteiger partial charge in [0.05, 0.1) is 16.9 Å². The predicted octanol–water partition coefficient (Wildman–Crippen LogP) is 2.17. The number of aromatic nitrogens is 3. The summed E-state index contributed by atoms with van der Waals surface area (Å²) in [6.45, 7) is 1.82. The van der Waals surface area contributed by atoms with Crippen LogP contribution in [0.4, 0.5) is 0 Å². The zero-order valence-corrected chi connectivity index (χ0v) is 16.5. The van der Waals surface area contributed by atoms with Crippen molar-refractivity contribution >= 4 is 39.9 Å². The lowest BCUT2D eigenvalue weighted by atomic mass is 10.2. The lowest BCUT2D eigenvalue weighted by Crippen LogP contribution is -2.31. The number of fused-ring (bicyclic) bond motifs is 2. The lowest BCUT2D eigenvalue weighted by molar-refractivity contribution is 0.0523. The Balaban J connectivity index is 2.10. The van der Waals surface area contributed by atoms with Gasteiger partial charge in [-0.25, -0.2) is 9.78 Å². The van der Waals surface area contributed by atoms with Crippen LogP contribution >= 0.6 is 11.3 Å². The van der Waals surface area contributed by atoms with Crippen molar-refractivity contribution in [3.8, 4) is 0 Å². The van der Waals surface area contributed by atoms with Crippen LogP contribution in [0.15, 0.2) is 57.8 Å². The van der Waals surface area contributed by atoms with Gasteiger partial charge in [0.2, 0.25) is 0 Å². The van der Waals surface area contributed by atoms with Crippen molar-refractivity contribution in [2.75, 3.05) is 6.61 Å². The van der Waals surface area contributed by atoms with E-state index in [2.05, 4.69) is 9.98 Å². The monoisotopic (exact) mass is 408 g/mol. The molecule has 0 aliphatic heterocycles. The number of carbonyl (C=O) groups is 2. The van der Waals surface area contributed by atoms with Crippen LogP contribution in [0.2, 0.25) is 0 Å². The first-order chi connectivity index (χ1) is 14.0. The number of hydrogen-bond acceptors (Lipinski definition) is 6. The van der Waals surface area contributed by atoms with E-state index in [0.717, 1.165) is 0 Å². The molecule has 0 unspecified atom stereocenters. The molecule has 0 spiro atoms. The first-order valence-electron chi connectivity index (χ1n) is 8.82. The fraction of sp³-hybridized carbons (Fsp3) is 0.150. The molecule has 0 aliphatic rings. The summed E-state index contributed by atoms with van der Waals surface area (Å²) in [6.07, 6.45) is 1.60. The molecule has 4 rings (SSSR count). The van der Waals surface area contributed by atoms with E-state index in [0.29, 0.717) is 16.2 Å². The largest absolute Gasteiger partial charge is 0.462 e. The summed E-state index contributed by atoms with van der Waals surface area (Å²) in [6, 6.07) is 9.98. The molecular formula is C20H16N4O4S. The molecule has 0 saturated heterocycles. The Morgan fingerprint density at radius 2 is 2.07 bits per heavy atom. The first-order valence-corrected chi connectivity index (χ1v) is 9.70. The zero-order chi connectivity index (χ0) is 20.5. The van der Waals surface area contributed by atoms with Gasteiger partial charge in [0, 0.05) is 13.2 Å². The predicted molar refractivity (Wildman–Crippen MR) is 108 cm³/mol. The number of pyridine rings is 2. The Bertz CT molecular complexity index is 1380. The maximum atomic E-state index is 13.0. The van der Waals surface area contributed by atoms with E-state index in [1.807, 2.05) is 0 Å². The molecule has 0 aliphatic carbocycles. The topological polar surface area (TPSA) is 95.0 Å². The number of rotatable bonds is 3. The standard InChI is InChI=1S/C20H16N4O4S/c1-3-28-20(27)13-11-12-16(21-15-8-4-5-9-24(15)19(12)26)23(2)17(13)22-18(25)14-7-6-10-29-14/h4-11H,3H2,1-2H3. The second-order valence-corrected chi connectivity index (χ2v) is 7.09. The van der Waals surface area contributed by atoms with Crippen molar-refractivity contribution in [3.05, 3.63) is 74.3 Å². The highest BCUT2D eigenvalue weighted by atomic mass is 32.1. The Kier molecular flexibility index (Phi) is 4.81. The van der Waals surface area contributed by atoms with Gasteiger partial charge in [-0.1, -0.05) is 12.1 Å². The number of esters is 1. The average molecular weight is 408 g/mol. The number of hydrogen-bond donors (Lipinski definition) is 0. The van der Waals surface area contributed by atoms with Crippen molar-refractivity contribution in [2.24, 2.45) is 12.0 Å². The average Bonchev–Trinajstić information content (AvgIpc) is 3.26. The third-order valence-electron chi connectivity index (χ3n) is 4.35. The van der Waals surface area contributed by atoms with E-state index < -0.39 is 11.9 Å². The van der Waals surface area contributed by atoms with Gasteiger partial charge < -0.3 is 9.30 Å². The molecule has 8 nitrogen and oxygen atoms in total. The van der Waals surface area contributed by atoms with Crippen molar-refractivity contribution in [2.45, 2.75) is 6.92 Å². The van der Waals surface area contributed by atoms with Gasteiger partial charge in [0.25, 0.3) is 11.5 Å². The van der Waals surface area contributed by atoms with Gasteiger partial charge in [-0.3, -0.25) is 14.0 Å². The van der Waals surface area contributed by atoms with Crippen LogP contribution in [0.1, 0.15) is 27.0 Å². The highest BCUT2D eigenvalue weighted by molar-refractivity contribution is 7.12. The number of carbonyl (C=O) groups excluding carboxylic acids is 2. The van der Waals surface area contributed by atoms with Crippen LogP contribution in [0.25, 0.3) is 16.7 Å². The van der Waals surface area contributed by atoms with E-state index in [1.165, 1.54) is 26.4 Å². The minimum absolute atomic E-state index is 0.0292. The van der Waals surface area contributed by atoms with E-state index in [-0.39, 0.29) is 28.6 Å². The minimum atomic E-state index is -0.666. The van der Waals surface area contributed by atoms with Crippen molar-refractivity contribution < 1.29 is 14.3 Å². The molecule has 146 valence electrons. The molecule has 0 fully saturated rings. The Labute approximate surface area is 168 Å². The number of aryl methyl sites for hydroxylation is 1. The summed E-state index contributed by atoms with van der Waals surface area (Å²) >= 11 is 1.25. The van der Waals surface area contributed by atoms with Crippen LogP contribution in [-0.2, 0) is 11.8 Å². The maximum Gasteiger partial charge on any atom is 0.341 e. The summed E-state index contributed by atoms with van der Waals surface area (Å²) in [5.74, 6) is -1.15. The summed E-state index contributed by atoms with van der Waals surface area (Å²) in [5, 5.41) is 1.99. The van der Waals surface area contributed by atoms with E-state index in [1.54, 1.807) is 55.9 Å². The smallest absolute Gasteiger partial charge is 0.341 e. The Hall–Kier alpha value is -3.59. The van der Waals surface area contributed by atoms with Crippen LogP contribution in [0.3, 0.4) is 0 Å². The second kappa shape index (κ2) is 7.44. The molecule has 0 radical (unpaired) electrons. The third-order valence-corrected chi connectivity index (χ3v) is 5.21. The summed E-state index contributed by atoms with van der Waals surface area (Å²) in [5.41, 5.74) is 0.540. The number of amides is 1. The van der Waals surface area contributed by atoms with Gasteiger partial charge in [0.15, 0.2) is 5.49 Å². The van der Waals surface area contributed by atoms with E-state index in [4.69, 9.17) is 4.74 Å². The van der Waals surface area contributed by atoms with Gasteiger partial charge >= 0.3 is 5.97 Å². The second-order valence-electron chi connectivity index (χ2n) is 6.14. The molecule has 4 heterocycles. The van der Waals surface area contributed by atoms with Crippen molar-refractivity contribution in [1.29, 1.82) is 0 Å². The molecule has 4 aromatic rings. The van der Waals surface area contributed by atoms with Gasteiger partial charge in [-0.15, -0.1) is 11.3 Å². The molecule has 0 bridgehead atoms. The van der Waals surface area contributed by atoms with Crippen LogP contribution in [-0.4, -0.2) is 32.4 Å². The van der Waals surface area contributed by atoms with Crippen LogP contribution in [0.5, 0.6) is 0 Å². The number of thiophene rings is 1. The normalized spacial score (nSPS) is 11.9. The maximum absolute atomic E-state index is 13.0. The van der Waals surface area contributed by atoms with Crippen molar-refractivity contribution in [1.82, 2.24) is 14.0 Å². The Morgan fingerprint density at radius 3 is 2.79 bits per heavy atom. The van der Waals surface area contributed by atoms with Crippen LogP contribution in [0, 0.1) is 0 Å². The third kappa shape index (κ3) is 3.25. The van der Waals surface area contributed by atoms with Gasteiger partial charge in [-0.05, 0) is 36.6 Å². The van der Waals surface area contributed by atoms with Gasteiger partial charge in [0.1, 0.15) is 16.9 Å². The number of nitrogens with zero attached hydrogens (tertiary/aromatic N) is 4. The van der Waals surface area contributed by atoms with Gasteiger partial charge in [-0.2, -0.15) is 4.99 Å². The minimum Gasteiger partial charge on any atom is -0.462 e. The highest BCUT2D eigenvalue weighted by Crippen LogP contribution is 2.12. The molecule has 0 aromatic carbocycles. The summed E-state index contributed by atoms with van der Waals surface area (Å²) in [7, 11) is 1.61. The first kappa shape index (κ1) is 18.8. The molecule has 1 amide bonds. The van der Waals surface area contributed by atoms with E-state index >= 15 is 0 Å². The quantitative estimate of drug-likeness (QED) is 0.382. The SMILES string of the molecule is CCOC(=O)c1cc2c(=O)n3ccccc3nc2n(C)c1=NC(=O)c1cccs1. The zero-order valence-electron chi connectivity index (χ0n) is 15.7. The van der Waals surface area contributed by atoms with Crippen LogP contribution < -0.4 is 11.0 Å². The fourth-order valence-corrected chi connectivity index (χ4v) is 3.62. The highest BCUT2D eigenvalue weighted by Gasteiger charge is 2.18. The molecular weight excluding hydrogens is 392 g/mol. The summed E-state index contributed by atoms with van der Waals surface area (Å²) in [4.78, 5) is 47.2. The fourth-order valence-electron chi connectivity index (χ4n) is 3.01.